The summed E-state index contributed by atoms with van der Waals surface area (Å²) in [6.45, 7) is 2.01. The molecule has 0 spiro atoms. The summed E-state index contributed by atoms with van der Waals surface area (Å²) in [5.74, 6) is -0.0805. The highest BCUT2D eigenvalue weighted by Crippen LogP contribution is 2.27. The summed E-state index contributed by atoms with van der Waals surface area (Å²) >= 11 is 9.44. The molecule has 4 nitrogen and oxygen atoms in total. The lowest BCUT2D eigenvalue weighted by atomic mass is 10.1. The molecule has 1 aliphatic rings. The van der Waals surface area contributed by atoms with E-state index in [1.807, 2.05) is 0 Å². The number of rotatable bonds is 2. The van der Waals surface area contributed by atoms with Crippen LogP contribution < -0.4 is 5.73 Å². The minimum Gasteiger partial charge on any atom is -0.373 e. The quantitative estimate of drug-likeness (QED) is 0.899. The first kappa shape index (κ1) is 13.8. The Morgan fingerprint density at radius 2 is 2.39 bits per heavy atom. The van der Waals surface area contributed by atoms with E-state index in [4.69, 9.17) is 22.1 Å². The number of halogens is 2. The van der Waals surface area contributed by atoms with Gasteiger partial charge < -0.3 is 15.4 Å². The predicted octanol–water partition coefficient (Wildman–Crippen LogP) is 1.90. The molecule has 98 valence electrons. The molecule has 1 aromatic rings. The predicted molar refractivity (Wildman–Crippen MR) is 73.8 cm³/mol. The second-order valence-corrected chi connectivity index (χ2v) is 5.31. The number of carbonyl (C=O) groups excluding carboxylic acids is 1. The Bertz CT molecular complexity index is 456. The molecular formula is C12H14BrClN2O2. The minimum atomic E-state index is -0.0892. The van der Waals surface area contributed by atoms with Crippen LogP contribution in [-0.2, 0) is 4.74 Å². The molecule has 18 heavy (non-hydrogen) atoms. The third kappa shape index (κ3) is 2.85. The van der Waals surface area contributed by atoms with Crippen molar-refractivity contribution in [2.24, 2.45) is 5.73 Å². The highest BCUT2D eigenvalue weighted by molar-refractivity contribution is 9.10. The van der Waals surface area contributed by atoms with E-state index >= 15 is 0 Å². The van der Waals surface area contributed by atoms with Gasteiger partial charge in [0.25, 0.3) is 5.91 Å². The normalized spacial score (nSPS) is 19.9. The van der Waals surface area contributed by atoms with Crippen molar-refractivity contribution in [3.8, 4) is 0 Å². The fraction of sp³-hybridized carbons (Fsp3) is 0.417. The molecule has 1 fully saturated rings. The largest absolute Gasteiger partial charge is 0.373 e. The highest BCUT2D eigenvalue weighted by atomic mass is 79.9. The third-order valence-corrected chi connectivity index (χ3v) is 4.17. The number of carbonyl (C=O) groups is 1. The van der Waals surface area contributed by atoms with Gasteiger partial charge in [-0.1, -0.05) is 17.7 Å². The van der Waals surface area contributed by atoms with Crippen LogP contribution in [-0.4, -0.2) is 43.2 Å². The maximum atomic E-state index is 12.4. The highest BCUT2D eigenvalue weighted by Gasteiger charge is 2.25. The molecule has 0 aromatic heterocycles. The van der Waals surface area contributed by atoms with Crippen molar-refractivity contribution in [3.63, 3.8) is 0 Å². The van der Waals surface area contributed by atoms with Crippen molar-refractivity contribution in [3.05, 3.63) is 33.3 Å². The maximum absolute atomic E-state index is 12.4. The average molecular weight is 334 g/mol. The van der Waals surface area contributed by atoms with Gasteiger partial charge in [-0.3, -0.25) is 4.79 Å². The van der Waals surface area contributed by atoms with Crippen LogP contribution in [0.5, 0.6) is 0 Å². The summed E-state index contributed by atoms with van der Waals surface area (Å²) in [6, 6.07) is 5.33. The van der Waals surface area contributed by atoms with Gasteiger partial charge >= 0.3 is 0 Å². The Hall–Kier alpha value is -0.620. The third-order valence-electron chi connectivity index (χ3n) is 2.87. The Morgan fingerprint density at radius 1 is 1.61 bits per heavy atom. The number of hydrogen-bond acceptors (Lipinski definition) is 3. The van der Waals surface area contributed by atoms with E-state index in [1.54, 1.807) is 23.1 Å². The van der Waals surface area contributed by atoms with Crippen molar-refractivity contribution in [2.45, 2.75) is 6.10 Å². The molecular weight excluding hydrogens is 320 g/mol. The molecule has 0 bridgehead atoms. The number of ether oxygens (including phenoxy) is 1. The average Bonchev–Trinajstić information content (AvgIpc) is 2.41. The van der Waals surface area contributed by atoms with Gasteiger partial charge in [-0.05, 0) is 28.1 Å². The van der Waals surface area contributed by atoms with Crippen molar-refractivity contribution in [2.75, 3.05) is 26.2 Å². The van der Waals surface area contributed by atoms with Crippen molar-refractivity contribution >= 4 is 33.4 Å². The van der Waals surface area contributed by atoms with Crippen LogP contribution in [0.2, 0.25) is 5.02 Å². The zero-order chi connectivity index (χ0) is 13.1. The molecule has 1 unspecified atom stereocenters. The maximum Gasteiger partial charge on any atom is 0.255 e. The molecule has 1 aromatic carbocycles. The van der Waals surface area contributed by atoms with Crippen LogP contribution >= 0.6 is 27.5 Å². The molecule has 1 atom stereocenters. The van der Waals surface area contributed by atoms with Gasteiger partial charge in [-0.15, -0.1) is 0 Å². The smallest absolute Gasteiger partial charge is 0.255 e. The molecule has 1 saturated heterocycles. The summed E-state index contributed by atoms with van der Waals surface area (Å²) < 4.78 is 6.16. The van der Waals surface area contributed by atoms with Gasteiger partial charge in [-0.25, -0.2) is 0 Å². The van der Waals surface area contributed by atoms with E-state index < -0.39 is 0 Å². The summed E-state index contributed by atoms with van der Waals surface area (Å²) in [5, 5.41) is 0.443. The van der Waals surface area contributed by atoms with E-state index in [0.717, 1.165) is 4.47 Å². The topological polar surface area (TPSA) is 55.6 Å². The van der Waals surface area contributed by atoms with Gasteiger partial charge in [0.2, 0.25) is 0 Å². The fourth-order valence-corrected chi connectivity index (χ4v) is 2.46. The molecule has 0 aliphatic carbocycles. The van der Waals surface area contributed by atoms with Crippen LogP contribution in [0.25, 0.3) is 0 Å². The van der Waals surface area contributed by atoms with Gasteiger partial charge in [0, 0.05) is 24.1 Å². The summed E-state index contributed by atoms with van der Waals surface area (Å²) in [6.07, 6.45) is -0.0892. The van der Waals surface area contributed by atoms with Crippen molar-refractivity contribution in [1.29, 1.82) is 0 Å². The van der Waals surface area contributed by atoms with Crippen LogP contribution in [0.1, 0.15) is 10.4 Å². The second kappa shape index (κ2) is 6.02. The number of morpholine rings is 1. The first-order valence-electron chi connectivity index (χ1n) is 5.68. The van der Waals surface area contributed by atoms with Crippen LogP contribution in [0.3, 0.4) is 0 Å². The Kier molecular flexibility index (Phi) is 4.61. The monoisotopic (exact) mass is 332 g/mol. The molecule has 1 aliphatic heterocycles. The molecule has 6 heteroatoms. The first-order chi connectivity index (χ1) is 8.63. The number of hydrogen-bond donors (Lipinski definition) is 1. The molecule has 1 amide bonds. The van der Waals surface area contributed by atoms with E-state index in [9.17, 15) is 4.79 Å². The van der Waals surface area contributed by atoms with Gasteiger partial charge in [0.05, 0.1) is 23.3 Å². The van der Waals surface area contributed by atoms with Crippen LogP contribution in [0.15, 0.2) is 22.7 Å². The van der Waals surface area contributed by atoms with Crippen LogP contribution in [0, 0.1) is 0 Å². The second-order valence-electron chi connectivity index (χ2n) is 4.08. The molecule has 1 heterocycles. The number of amides is 1. The van der Waals surface area contributed by atoms with Gasteiger partial charge in [0.15, 0.2) is 0 Å². The molecule has 2 rings (SSSR count). The van der Waals surface area contributed by atoms with Gasteiger partial charge in [-0.2, -0.15) is 0 Å². The van der Waals surface area contributed by atoms with Crippen molar-refractivity contribution < 1.29 is 9.53 Å². The Balaban J connectivity index is 2.18. The lowest BCUT2D eigenvalue weighted by Crippen LogP contribution is -2.48. The first-order valence-corrected chi connectivity index (χ1v) is 6.85. The standard InChI is InChI=1S/C12H14BrClN2O2/c13-10-3-1-2-9(11(10)14)12(17)16-4-5-18-8(6-15)7-16/h1-3,8H,4-7,15H2. The van der Waals surface area contributed by atoms with E-state index in [1.165, 1.54) is 0 Å². The van der Waals surface area contributed by atoms with E-state index in [2.05, 4.69) is 15.9 Å². The van der Waals surface area contributed by atoms with Crippen molar-refractivity contribution in [1.82, 2.24) is 4.90 Å². The zero-order valence-corrected chi connectivity index (χ0v) is 12.1. The molecule has 0 radical (unpaired) electrons. The Labute approximate surface area is 119 Å². The number of benzene rings is 1. The van der Waals surface area contributed by atoms with Gasteiger partial charge in [0.1, 0.15) is 0 Å². The van der Waals surface area contributed by atoms with E-state index in [0.29, 0.717) is 36.8 Å². The zero-order valence-electron chi connectivity index (χ0n) is 9.73. The minimum absolute atomic E-state index is 0.0805. The van der Waals surface area contributed by atoms with Crippen LogP contribution in [0.4, 0.5) is 0 Å². The summed E-state index contributed by atoms with van der Waals surface area (Å²) in [7, 11) is 0. The van der Waals surface area contributed by atoms with E-state index in [-0.39, 0.29) is 12.0 Å². The summed E-state index contributed by atoms with van der Waals surface area (Å²) in [5.41, 5.74) is 6.07. The summed E-state index contributed by atoms with van der Waals surface area (Å²) in [4.78, 5) is 14.1. The lowest BCUT2D eigenvalue weighted by Gasteiger charge is -2.32. The lowest BCUT2D eigenvalue weighted by molar-refractivity contribution is -0.0167. The molecule has 2 N–H and O–H groups in total. The Morgan fingerprint density at radius 3 is 3.11 bits per heavy atom. The SMILES string of the molecule is NCC1CN(C(=O)c2cccc(Br)c2Cl)CCO1. The number of nitrogens with zero attached hydrogens (tertiary/aromatic N) is 1. The fourth-order valence-electron chi connectivity index (χ4n) is 1.89. The molecule has 0 saturated carbocycles. The number of nitrogens with two attached hydrogens (primary N) is 1.